The maximum Gasteiger partial charge on any atom is 0.282 e. The molecule has 0 saturated carbocycles. The van der Waals surface area contributed by atoms with Crippen LogP contribution in [0.2, 0.25) is 0 Å². The number of rotatable bonds is 0. The fraction of sp³-hybridized carbons (Fsp3) is 1.00. The van der Waals surface area contributed by atoms with Gasteiger partial charge in [0.2, 0.25) is 0 Å². The SMILES string of the molecule is C[S+](C)(C)=O.[O-][I+2]([O-])[O-]. The highest BCUT2D eigenvalue weighted by molar-refractivity contribution is 8.00. The van der Waals surface area contributed by atoms with Gasteiger partial charge in [0.25, 0.3) is 21.1 Å². The van der Waals surface area contributed by atoms with Crippen molar-refractivity contribution in [1.29, 1.82) is 0 Å². The van der Waals surface area contributed by atoms with Crippen molar-refractivity contribution in [3.8, 4) is 0 Å². The first-order valence-corrected chi connectivity index (χ1v) is 7.28. The highest BCUT2D eigenvalue weighted by Crippen LogP contribution is 1.78. The van der Waals surface area contributed by atoms with E-state index in [1.807, 2.05) is 0 Å². The van der Waals surface area contributed by atoms with E-state index in [4.69, 9.17) is 10.3 Å². The zero-order valence-electron chi connectivity index (χ0n) is 5.42. The average molecular weight is 268 g/mol. The lowest BCUT2D eigenvalue weighted by molar-refractivity contribution is -1.73. The van der Waals surface area contributed by atoms with E-state index in [2.05, 4.69) is 0 Å². The van der Waals surface area contributed by atoms with Gasteiger partial charge in [0.1, 0.15) is 18.8 Å². The molecule has 0 aliphatic rings. The molecule has 0 aromatic heterocycles. The Labute approximate surface area is 64.4 Å². The van der Waals surface area contributed by atoms with Gasteiger partial charge in [-0.15, -0.1) is 4.21 Å². The minimum absolute atomic E-state index is 1.42. The summed E-state index contributed by atoms with van der Waals surface area (Å²) in [5.41, 5.74) is 0. The summed E-state index contributed by atoms with van der Waals surface area (Å²) in [6, 6.07) is 0. The summed E-state index contributed by atoms with van der Waals surface area (Å²) < 4.78 is 35.9. The normalized spacial score (nSPS) is 10.6. The van der Waals surface area contributed by atoms with E-state index in [0.717, 1.165) is 0 Å². The molecule has 0 heterocycles. The van der Waals surface area contributed by atoms with Crippen molar-refractivity contribution in [3.05, 3.63) is 0 Å². The van der Waals surface area contributed by atoms with Gasteiger partial charge in [0.05, 0.1) is 9.93 Å². The molecule has 0 spiro atoms. The third kappa shape index (κ3) is 693. The lowest BCUT2D eigenvalue weighted by Gasteiger charge is -1.84. The molecular weight excluding hydrogens is 259 g/mol. The van der Waals surface area contributed by atoms with Crippen LogP contribution in [0.1, 0.15) is 0 Å². The van der Waals surface area contributed by atoms with Crippen LogP contribution in [0.25, 0.3) is 0 Å². The molecule has 0 amide bonds. The molecule has 0 saturated heterocycles. The molecule has 0 fully saturated rings. The summed E-state index contributed by atoms with van der Waals surface area (Å²) in [5, 5.41) is 0. The van der Waals surface area contributed by atoms with Gasteiger partial charge in [-0.3, -0.25) is 0 Å². The first-order chi connectivity index (χ1) is 3.73. The Balaban J connectivity index is 0. The van der Waals surface area contributed by atoms with Gasteiger partial charge in [-0.2, -0.15) is 0 Å². The Morgan fingerprint density at radius 2 is 1.11 bits per heavy atom. The first kappa shape index (κ1) is 12.4. The summed E-state index contributed by atoms with van der Waals surface area (Å²) in [5.74, 6) is 0. The maximum atomic E-state index is 10.2. The second-order valence-corrected chi connectivity index (χ2v) is 6.44. The number of hydrogen-bond donors (Lipinski definition) is 0. The van der Waals surface area contributed by atoms with Gasteiger partial charge >= 0.3 is 0 Å². The van der Waals surface area contributed by atoms with Crippen LogP contribution in [0.3, 0.4) is 0 Å². The standard InChI is InChI=1S/C3H9OS.IO3/c1-5(2,3)4;2-1(3)4/h1-3H3;/q+1;-1. The maximum absolute atomic E-state index is 10.2. The molecule has 0 N–H and O–H groups in total. The van der Waals surface area contributed by atoms with Crippen LogP contribution in [0, 0.1) is 0 Å². The second-order valence-electron chi connectivity index (χ2n) is 1.91. The minimum Gasteiger partial charge on any atom is -0.427 e. The summed E-state index contributed by atoms with van der Waals surface area (Å²) in [6.07, 6.45) is 5.15. The molecule has 6 heteroatoms. The molecule has 0 atom stereocenters. The van der Waals surface area contributed by atoms with E-state index in [-0.39, 0.29) is 0 Å². The van der Waals surface area contributed by atoms with E-state index in [1.54, 1.807) is 18.8 Å². The second kappa shape index (κ2) is 5.54. The molecule has 0 rings (SSSR count). The minimum atomic E-state index is -4.01. The van der Waals surface area contributed by atoms with Crippen LogP contribution in [0.4, 0.5) is 0 Å². The molecule has 0 aromatic rings. The van der Waals surface area contributed by atoms with Crippen molar-refractivity contribution in [3.63, 3.8) is 0 Å². The van der Waals surface area contributed by atoms with Crippen LogP contribution in [0.15, 0.2) is 0 Å². The monoisotopic (exact) mass is 268 g/mol. The molecule has 0 aromatic carbocycles. The fourth-order valence-electron chi connectivity index (χ4n) is 0. The Kier molecular flexibility index (Phi) is 7.65. The summed E-state index contributed by atoms with van der Waals surface area (Å²) >= 11 is -4.01. The first-order valence-electron chi connectivity index (χ1n) is 1.85. The molecule has 58 valence electrons. The van der Waals surface area contributed by atoms with Crippen molar-refractivity contribution >= 4 is 9.93 Å². The van der Waals surface area contributed by atoms with E-state index < -0.39 is 31.0 Å². The van der Waals surface area contributed by atoms with Gasteiger partial charge in [-0.25, -0.2) is 0 Å². The van der Waals surface area contributed by atoms with Gasteiger partial charge in [0.15, 0.2) is 0 Å². The number of hydrogen-bond acceptors (Lipinski definition) is 4. The lowest BCUT2D eigenvalue weighted by Crippen LogP contribution is -4.05. The molecule has 9 heavy (non-hydrogen) atoms. The molecule has 0 unspecified atom stereocenters. The van der Waals surface area contributed by atoms with E-state index in [1.165, 1.54) is 0 Å². The van der Waals surface area contributed by atoms with Crippen LogP contribution in [-0.4, -0.2) is 18.8 Å². The molecule has 0 aliphatic carbocycles. The van der Waals surface area contributed by atoms with Crippen molar-refractivity contribution in [2.75, 3.05) is 18.8 Å². The van der Waals surface area contributed by atoms with Crippen molar-refractivity contribution in [2.45, 2.75) is 0 Å². The van der Waals surface area contributed by atoms with E-state index in [9.17, 15) is 4.21 Å². The third-order valence-corrected chi connectivity index (χ3v) is 0. The van der Waals surface area contributed by atoms with Gasteiger partial charge in [-0.05, 0) is 0 Å². The van der Waals surface area contributed by atoms with E-state index >= 15 is 0 Å². The Hall–Kier alpha value is 0.760. The Bertz CT molecular complexity index is 87.0. The van der Waals surface area contributed by atoms with Gasteiger partial charge < -0.3 is 10.3 Å². The Morgan fingerprint density at radius 3 is 1.11 bits per heavy atom. The van der Waals surface area contributed by atoms with Crippen molar-refractivity contribution in [2.24, 2.45) is 0 Å². The quantitative estimate of drug-likeness (QED) is 0.323. The Morgan fingerprint density at radius 1 is 1.11 bits per heavy atom. The average Bonchev–Trinajstić information content (AvgIpc) is 1.19. The summed E-state index contributed by atoms with van der Waals surface area (Å²) in [7, 11) is -1.42. The molecule has 4 nitrogen and oxygen atoms in total. The van der Waals surface area contributed by atoms with Crippen molar-refractivity contribution in [1.82, 2.24) is 0 Å². The summed E-state index contributed by atoms with van der Waals surface area (Å²) in [4.78, 5) is 0. The number of halogens is 1. The van der Waals surface area contributed by atoms with Gasteiger partial charge in [0, 0.05) is 0 Å². The fourth-order valence-corrected chi connectivity index (χ4v) is 0. The van der Waals surface area contributed by atoms with Crippen molar-refractivity contribution < 1.29 is 35.6 Å². The lowest BCUT2D eigenvalue weighted by atomic mass is 11.9. The third-order valence-electron chi connectivity index (χ3n) is 0. The largest absolute Gasteiger partial charge is 0.427 e. The predicted molar refractivity (Wildman–Crippen MR) is 25.8 cm³/mol. The van der Waals surface area contributed by atoms with Crippen LogP contribution < -0.4 is 31.4 Å². The molecule has 0 aliphatic heterocycles. The molecule has 0 radical (unpaired) electrons. The smallest absolute Gasteiger partial charge is 0.282 e. The van der Waals surface area contributed by atoms with Crippen LogP contribution in [0.5, 0.6) is 0 Å². The zero-order chi connectivity index (χ0) is 8.08. The van der Waals surface area contributed by atoms with Crippen LogP contribution >= 0.6 is 0 Å². The summed E-state index contributed by atoms with van der Waals surface area (Å²) in [6.45, 7) is 0. The zero-order valence-corrected chi connectivity index (χ0v) is 8.39. The van der Waals surface area contributed by atoms with E-state index in [0.29, 0.717) is 0 Å². The highest BCUT2D eigenvalue weighted by atomic mass is 127. The molecule has 0 bridgehead atoms. The topological polar surface area (TPSA) is 86.2 Å². The van der Waals surface area contributed by atoms with Crippen LogP contribution in [-0.2, 0) is 14.1 Å². The van der Waals surface area contributed by atoms with Gasteiger partial charge in [-0.1, -0.05) is 0 Å². The molecular formula is C3H9IO4S. The highest BCUT2D eigenvalue weighted by Gasteiger charge is 1.95. The predicted octanol–water partition coefficient (Wildman–Crippen LogP) is -6.19.